The number of hydrogen-bond acceptors (Lipinski definition) is 5. The van der Waals surface area contributed by atoms with Crippen molar-refractivity contribution in [2.45, 2.75) is 25.1 Å². The molecule has 0 saturated heterocycles. The van der Waals surface area contributed by atoms with Crippen molar-refractivity contribution in [3.63, 3.8) is 0 Å². The normalized spacial score (nSPS) is 13.4. The van der Waals surface area contributed by atoms with E-state index in [1.807, 2.05) is 0 Å². The van der Waals surface area contributed by atoms with Crippen LogP contribution >= 0.6 is 0 Å². The summed E-state index contributed by atoms with van der Waals surface area (Å²) in [5, 5.41) is 2.92. The first kappa shape index (κ1) is 24.0. The lowest BCUT2D eigenvalue weighted by molar-refractivity contribution is -0.907. The van der Waals surface area contributed by atoms with Gasteiger partial charge in [0.25, 0.3) is 0 Å². The van der Waals surface area contributed by atoms with Crippen LogP contribution in [0.1, 0.15) is 18.4 Å². The summed E-state index contributed by atoms with van der Waals surface area (Å²) in [5.41, 5.74) is 17.3. The molecule has 166 valence electrons. The monoisotopic (exact) mass is 427 g/mol. The molecule has 7 nitrogen and oxygen atoms in total. The number of amides is 1. The number of quaternary nitrogens is 1. The Kier molecular flexibility index (Phi) is 8.13. The predicted octanol–water partition coefficient (Wildman–Crippen LogP) is 1.66. The van der Waals surface area contributed by atoms with E-state index in [0.717, 1.165) is 42.7 Å². The molecular weight excluding hydrogens is 397 g/mol. The third kappa shape index (κ3) is 6.63. The van der Waals surface area contributed by atoms with Crippen molar-refractivity contribution in [2.24, 2.45) is 17.2 Å². The Hall–Kier alpha value is -2.27. The molecule has 2 aromatic rings. The van der Waals surface area contributed by atoms with Gasteiger partial charge in [-0.3, -0.25) is 9.78 Å². The summed E-state index contributed by atoms with van der Waals surface area (Å²) in [7, 11) is 2.07. The van der Waals surface area contributed by atoms with Crippen LogP contribution in [0.2, 0.25) is 0 Å². The predicted molar refractivity (Wildman–Crippen MR) is 111 cm³/mol. The SMILES string of the molecule is C[N+](CCN)(CCN)CCC[C@@H](N)C(=O)Nc1cnc2ccc(C(F)(F)F)cc2c1. The van der Waals surface area contributed by atoms with Crippen LogP contribution in [0.15, 0.2) is 30.5 Å². The van der Waals surface area contributed by atoms with Gasteiger partial charge >= 0.3 is 6.18 Å². The second-order valence-electron chi connectivity index (χ2n) is 7.73. The minimum Gasteiger partial charge on any atom is -0.326 e. The molecule has 1 heterocycles. The molecule has 0 bridgehead atoms. The summed E-state index contributed by atoms with van der Waals surface area (Å²) in [6, 6.07) is 3.99. The Morgan fingerprint density at radius 3 is 2.43 bits per heavy atom. The molecule has 2 rings (SSSR count). The average Bonchev–Trinajstić information content (AvgIpc) is 2.67. The minimum atomic E-state index is -4.45. The van der Waals surface area contributed by atoms with E-state index < -0.39 is 23.7 Å². The Morgan fingerprint density at radius 1 is 1.17 bits per heavy atom. The van der Waals surface area contributed by atoms with E-state index >= 15 is 0 Å². The van der Waals surface area contributed by atoms with Gasteiger partial charge in [0.2, 0.25) is 5.91 Å². The number of benzene rings is 1. The molecule has 1 atom stereocenters. The van der Waals surface area contributed by atoms with Crippen LogP contribution in [0, 0.1) is 0 Å². The molecule has 1 aromatic carbocycles. The largest absolute Gasteiger partial charge is 0.416 e. The fraction of sp³-hybridized carbons (Fsp3) is 0.500. The zero-order valence-electron chi connectivity index (χ0n) is 17.1. The maximum Gasteiger partial charge on any atom is 0.416 e. The van der Waals surface area contributed by atoms with Gasteiger partial charge in [-0.15, -0.1) is 0 Å². The van der Waals surface area contributed by atoms with Gasteiger partial charge in [0, 0.05) is 18.5 Å². The number of pyridine rings is 1. The smallest absolute Gasteiger partial charge is 0.326 e. The highest BCUT2D eigenvalue weighted by Gasteiger charge is 2.30. The van der Waals surface area contributed by atoms with E-state index in [4.69, 9.17) is 17.2 Å². The molecule has 0 aliphatic heterocycles. The van der Waals surface area contributed by atoms with Crippen molar-refractivity contribution in [3.05, 3.63) is 36.0 Å². The molecule has 30 heavy (non-hydrogen) atoms. The lowest BCUT2D eigenvalue weighted by atomic mass is 10.1. The van der Waals surface area contributed by atoms with Gasteiger partial charge in [-0.25, -0.2) is 0 Å². The summed E-state index contributed by atoms with van der Waals surface area (Å²) in [5.74, 6) is -0.407. The number of anilines is 1. The fourth-order valence-corrected chi connectivity index (χ4v) is 3.39. The highest BCUT2D eigenvalue weighted by molar-refractivity contribution is 5.96. The Labute approximate surface area is 174 Å². The molecule has 0 radical (unpaired) electrons. The van der Waals surface area contributed by atoms with Crippen LogP contribution in [0.4, 0.5) is 18.9 Å². The number of rotatable bonds is 10. The van der Waals surface area contributed by atoms with Crippen LogP contribution < -0.4 is 22.5 Å². The van der Waals surface area contributed by atoms with Crippen molar-refractivity contribution in [1.29, 1.82) is 0 Å². The van der Waals surface area contributed by atoms with Crippen molar-refractivity contribution in [3.8, 4) is 0 Å². The van der Waals surface area contributed by atoms with E-state index in [1.165, 1.54) is 18.3 Å². The van der Waals surface area contributed by atoms with E-state index in [1.54, 1.807) is 0 Å². The number of nitrogens with zero attached hydrogens (tertiary/aromatic N) is 2. The fourth-order valence-electron chi connectivity index (χ4n) is 3.39. The molecule has 0 saturated carbocycles. The van der Waals surface area contributed by atoms with E-state index in [0.29, 0.717) is 30.7 Å². The van der Waals surface area contributed by atoms with E-state index in [9.17, 15) is 18.0 Å². The molecule has 1 aromatic heterocycles. The molecule has 0 fully saturated rings. The van der Waals surface area contributed by atoms with E-state index in [2.05, 4.69) is 17.3 Å². The lowest BCUT2D eigenvalue weighted by Gasteiger charge is -2.34. The van der Waals surface area contributed by atoms with Gasteiger partial charge in [0.05, 0.1) is 55.7 Å². The molecule has 7 N–H and O–H groups in total. The number of hydrogen-bond donors (Lipinski definition) is 4. The highest BCUT2D eigenvalue weighted by atomic mass is 19.4. The third-order valence-electron chi connectivity index (χ3n) is 5.16. The van der Waals surface area contributed by atoms with Crippen molar-refractivity contribution in [1.82, 2.24) is 4.98 Å². The number of carbonyl (C=O) groups excluding carboxylic acids is 1. The van der Waals surface area contributed by atoms with Gasteiger partial charge in [-0.2, -0.15) is 13.2 Å². The number of aromatic nitrogens is 1. The first-order valence-corrected chi connectivity index (χ1v) is 9.85. The average molecular weight is 427 g/mol. The van der Waals surface area contributed by atoms with Crippen molar-refractivity contribution < 1.29 is 22.4 Å². The van der Waals surface area contributed by atoms with Crippen molar-refractivity contribution >= 4 is 22.5 Å². The van der Waals surface area contributed by atoms with Gasteiger partial charge in [0.1, 0.15) is 0 Å². The zero-order chi connectivity index (χ0) is 22.4. The number of nitrogens with two attached hydrogens (primary N) is 3. The summed E-state index contributed by atoms with van der Waals surface area (Å²) >= 11 is 0. The van der Waals surface area contributed by atoms with Crippen LogP contribution in [0.25, 0.3) is 10.9 Å². The first-order chi connectivity index (χ1) is 14.1. The number of halogens is 3. The first-order valence-electron chi connectivity index (χ1n) is 9.85. The second kappa shape index (κ2) is 10.2. The topological polar surface area (TPSA) is 120 Å². The molecule has 10 heteroatoms. The Morgan fingerprint density at radius 2 is 1.83 bits per heavy atom. The zero-order valence-corrected chi connectivity index (χ0v) is 17.1. The summed E-state index contributed by atoms with van der Waals surface area (Å²) in [6.07, 6.45) is -1.86. The molecule has 0 aliphatic carbocycles. The van der Waals surface area contributed by atoms with Gasteiger partial charge in [-0.05, 0) is 37.1 Å². The van der Waals surface area contributed by atoms with Gasteiger partial charge in [-0.1, -0.05) is 0 Å². The maximum absolute atomic E-state index is 12.9. The standard InChI is InChI=1S/C20H29F3N6O/c1-29(9-6-24,10-7-25)8-2-3-17(26)19(30)28-16-12-14-11-15(20(21,22)23)4-5-18(14)27-13-16/h4-5,11-13,17H,2-3,6-10,24-26H2,1H3/p+1/t17-/m1/s1. The quantitative estimate of drug-likeness (QED) is 0.430. The van der Waals surface area contributed by atoms with Crippen LogP contribution in [-0.2, 0) is 11.0 Å². The number of alkyl halides is 3. The molecule has 0 unspecified atom stereocenters. The maximum atomic E-state index is 12.9. The highest BCUT2D eigenvalue weighted by Crippen LogP contribution is 2.31. The molecule has 0 aliphatic rings. The summed E-state index contributed by atoms with van der Waals surface area (Å²) in [6.45, 7) is 3.48. The Balaban J connectivity index is 1.98. The van der Waals surface area contributed by atoms with Crippen molar-refractivity contribution in [2.75, 3.05) is 45.1 Å². The third-order valence-corrected chi connectivity index (χ3v) is 5.16. The summed E-state index contributed by atoms with van der Waals surface area (Å²) in [4.78, 5) is 16.5. The number of fused-ring (bicyclic) bond motifs is 1. The van der Waals surface area contributed by atoms with Gasteiger partial charge in [0.15, 0.2) is 0 Å². The van der Waals surface area contributed by atoms with E-state index in [-0.39, 0.29) is 5.39 Å². The number of nitrogens with one attached hydrogen (secondary N) is 1. The minimum absolute atomic E-state index is 0.285. The van der Waals surface area contributed by atoms with Crippen LogP contribution in [0.3, 0.4) is 0 Å². The molecular formula is C20H30F3N6O+. The second-order valence-corrected chi connectivity index (χ2v) is 7.73. The Bertz CT molecular complexity index is 852. The molecule has 0 spiro atoms. The van der Waals surface area contributed by atoms with Crippen LogP contribution in [0.5, 0.6) is 0 Å². The molecule has 1 amide bonds. The number of likely N-dealkylation sites (N-methyl/N-ethyl adjacent to an activating group) is 1. The van der Waals surface area contributed by atoms with Gasteiger partial charge < -0.3 is 27.0 Å². The lowest BCUT2D eigenvalue weighted by Crippen LogP contribution is -2.51. The number of carbonyl (C=O) groups is 1. The van der Waals surface area contributed by atoms with Crippen LogP contribution in [-0.4, -0.2) is 61.2 Å². The summed E-state index contributed by atoms with van der Waals surface area (Å²) < 4.78 is 39.4.